The molecule has 9 heavy (non-hydrogen) atoms. The highest BCUT2D eigenvalue weighted by Crippen LogP contribution is 1.69. The van der Waals surface area contributed by atoms with Crippen LogP contribution in [0, 0.1) is 0 Å². The monoisotopic (exact) mass is 118 g/mol. The second kappa shape index (κ2) is 6.40. The Morgan fingerprint density at radius 3 is 2.67 bits per heavy atom. The Morgan fingerprint density at radius 1 is 1.33 bits per heavy atom. The first-order chi connectivity index (χ1) is 4.41. The zero-order valence-electron chi connectivity index (χ0n) is 4.98. The fourth-order valence-corrected chi connectivity index (χ4v) is 0.192. The van der Waals surface area contributed by atoms with Crippen LogP contribution >= 0.6 is 0 Å². The second-order valence-corrected chi connectivity index (χ2v) is 0.992. The average molecular weight is 118 g/mol. The molecule has 0 aromatic carbocycles. The second-order valence-electron chi connectivity index (χ2n) is 0.992. The Balaban J connectivity index is 4.12. The molecule has 0 rings (SSSR count). The van der Waals surface area contributed by atoms with Gasteiger partial charge in [0.05, 0.1) is 6.26 Å². The molecule has 1 heteroatoms. The smallest absolute Gasteiger partial charge is 0.141 e. The van der Waals surface area contributed by atoms with Gasteiger partial charge in [0.25, 0.3) is 0 Å². The van der Waals surface area contributed by atoms with Gasteiger partial charge in [0.1, 0.15) is 6.26 Å². The zero-order valence-corrected chi connectivity index (χ0v) is 4.98. The summed E-state index contributed by atoms with van der Waals surface area (Å²) in [7, 11) is 0. The van der Waals surface area contributed by atoms with Crippen LogP contribution in [0.4, 0.5) is 0 Å². The highest BCUT2D eigenvalue weighted by Gasteiger charge is 1.52. The number of hydrogen-bond acceptors (Lipinski definition) is 1. The van der Waals surface area contributed by atoms with Crippen LogP contribution in [-0.4, -0.2) is 0 Å². The molecule has 0 atom stereocenters. The topological polar surface area (TPSA) is 9.23 Å². The minimum absolute atomic E-state index is 1.28. The van der Waals surface area contributed by atoms with Gasteiger partial charge in [-0.2, -0.15) is 0 Å². The predicted octanol–water partition coefficient (Wildman–Crippen LogP) is 1.91. The molecule has 0 aliphatic heterocycles. The minimum Gasteiger partial charge on any atom is -0.464 e. The molecule has 0 radical (unpaired) electrons. The van der Waals surface area contributed by atoms with Crippen molar-refractivity contribution in [2.75, 3.05) is 0 Å². The van der Waals surface area contributed by atoms with E-state index < -0.39 is 0 Å². The molecule has 0 saturated carbocycles. The Labute approximate surface area is 54.3 Å². The van der Waals surface area contributed by atoms with E-state index in [4.69, 9.17) is 0 Å². The summed E-state index contributed by atoms with van der Waals surface area (Å²) in [5.74, 6) is 0. The zero-order chi connectivity index (χ0) is 6.95. The summed E-state index contributed by atoms with van der Waals surface area (Å²) in [6.45, 7) is 6.57. The van der Waals surface area contributed by atoms with Crippen molar-refractivity contribution in [3.05, 3.63) is 48.6 Å². The van der Waals surface area contributed by atoms with Gasteiger partial charge < -0.3 is 4.74 Å². The van der Waals surface area contributed by atoms with Gasteiger partial charge in [-0.05, 0) is 23.8 Å². The third kappa shape index (κ3) is 6.40. The van der Waals surface area contributed by atoms with Gasteiger partial charge in [-0.3, -0.25) is 0 Å². The van der Waals surface area contributed by atoms with Gasteiger partial charge in [-0.15, -0.1) is 0 Å². The first-order valence-corrected chi connectivity index (χ1v) is 2.27. The molecule has 0 aliphatic carbocycles. The summed E-state index contributed by atoms with van der Waals surface area (Å²) in [6, 6.07) is 0. The standard InChI is InChI=1S/C8H6O/c1-3-5-6-7-8-9-4-2/h4,8H,1-2H2. The van der Waals surface area contributed by atoms with Crippen LogP contribution in [0.25, 0.3) is 0 Å². The van der Waals surface area contributed by atoms with Crippen molar-refractivity contribution >= 4 is 0 Å². The molecule has 0 amide bonds. The van der Waals surface area contributed by atoms with Crippen molar-refractivity contribution in [1.29, 1.82) is 0 Å². The summed E-state index contributed by atoms with van der Waals surface area (Å²) in [6.07, 6.45) is 2.59. The molecule has 0 bridgehead atoms. The summed E-state index contributed by atoms with van der Waals surface area (Å²) < 4.78 is 4.56. The van der Waals surface area contributed by atoms with E-state index in [9.17, 15) is 0 Å². The summed E-state index contributed by atoms with van der Waals surface area (Å²) in [4.78, 5) is 0. The molecule has 1 nitrogen and oxygen atoms in total. The first-order valence-electron chi connectivity index (χ1n) is 2.27. The maximum atomic E-state index is 4.56. The van der Waals surface area contributed by atoms with Crippen molar-refractivity contribution < 1.29 is 4.74 Å². The van der Waals surface area contributed by atoms with E-state index in [1.165, 1.54) is 12.5 Å². The lowest BCUT2D eigenvalue weighted by Gasteiger charge is -1.76. The maximum absolute atomic E-state index is 4.56. The molecule has 0 aromatic rings. The lowest BCUT2D eigenvalue weighted by molar-refractivity contribution is 0.406. The molecule has 0 spiro atoms. The predicted molar refractivity (Wildman–Crippen MR) is 35.5 cm³/mol. The maximum Gasteiger partial charge on any atom is 0.141 e. The molecular weight excluding hydrogens is 112 g/mol. The van der Waals surface area contributed by atoms with Crippen LogP contribution in [-0.2, 0) is 4.74 Å². The van der Waals surface area contributed by atoms with E-state index in [1.54, 1.807) is 0 Å². The van der Waals surface area contributed by atoms with Crippen molar-refractivity contribution in [3.63, 3.8) is 0 Å². The first kappa shape index (κ1) is 7.40. The lowest BCUT2D eigenvalue weighted by Crippen LogP contribution is -1.54. The molecule has 0 N–H and O–H groups in total. The fourth-order valence-electron chi connectivity index (χ4n) is 0.192. The van der Waals surface area contributed by atoms with Crippen LogP contribution in [0.5, 0.6) is 0 Å². The van der Waals surface area contributed by atoms with E-state index in [0.717, 1.165) is 0 Å². The van der Waals surface area contributed by atoms with Crippen molar-refractivity contribution in [2.24, 2.45) is 0 Å². The van der Waals surface area contributed by atoms with E-state index >= 15 is 0 Å². The lowest BCUT2D eigenvalue weighted by atomic mass is 10.7. The Kier molecular flexibility index (Phi) is 5.26. The quantitative estimate of drug-likeness (QED) is 0.397. The fraction of sp³-hybridized carbons (Fsp3) is 0. The molecule has 0 fully saturated rings. The normalized spacial score (nSPS) is 4.89. The van der Waals surface area contributed by atoms with Crippen LogP contribution in [0.3, 0.4) is 0 Å². The summed E-state index contributed by atoms with van der Waals surface area (Å²) in [5.41, 5.74) is 9.78. The molecule has 0 aliphatic rings. The van der Waals surface area contributed by atoms with E-state index in [0.29, 0.717) is 0 Å². The van der Waals surface area contributed by atoms with Gasteiger partial charge in [0, 0.05) is 0 Å². The van der Waals surface area contributed by atoms with Gasteiger partial charge in [-0.1, -0.05) is 12.3 Å². The Hall–Kier alpha value is -1.60. The largest absolute Gasteiger partial charge is 0.464 e. The highest BCUT2D eigenvalue weighted by molar-refractivity contribution is 4.82. The minimum atomic E-state index is 1.28. The van der Waals surface area contributed by atoms with Gasteiger partial charge >= 0.3 is 0 Å². The van der Waals surface area contributed by atoms with E-state index in [1.807, 2.05) is 0 Å². The van der Waals surface area contributed by atoms with Crippen LogP contribution in [0.2, 0.25) is 0 Å². The van der Waals surface area contributed by atoms with E-state index in [-0.39, 0.29) is 0 Å². The van der Waals surface area contributed by atoms with Crippen LogP contribution < -0.4 is 0 Å². The molecule has 0 aromatic heterocycles. The molecule has 0 unspecified atom stereocenters. The van der Waals surface area contributed by atoms with Crippen molar-refractivity contribution in [3.8, 4) is 0 Å². The molecule has 0 saturated heterocycles. The van der Waals surface area contributed by atoms with Crippen molar-refractivity contribution in [1.82, 2.24) is 0 Å². The Morgan fingerprint density at radius 2 is 2.11 bits per heavy atom. The Bertz CT molecular complexity index is 225. The van der Waals surface area contributed by atoms with Crippen LogP contribution in [0.15, 0.2) is 48.6 Å². The third-order valence-electron chi connectivity index (χ3n) is 0.446. The molecule has 0 heterocycles. The van der Waals surface area contributed by atoms with Gasteiger partial charge in [0.2, 0.25) is 0 Å². The average Bonchev–Trinajstić information content (AvgIpc) is 1.89. The number of ether oxygens (including phenoxy) is 1. The van der Waals surface area contributed by atoms with E-state index in [2.05, 4.69) is 40.8 Å². The van der Waals surface area contributed by atoms with Gasteiger partial charge in [0.15, 0.2) is 0 Å². The summed E-state index contributed by atoms with van der Waals surface area (Å²) >= 11 is 0. The summed E-state index contributed by atoms with van der Waals surface area (Å²) in [5, 5.41) is 0. The van der Waals surface area contributed by atoms with Gasteiger partial charge in [-0.25, -0.2) is 0 Å². The number of rotatable bonds is 2. The van der Waals surface area contributed by atoms with Crippen LogP contribution in [0.1, 0.15) is 0 Å². The SMILES string of the molecule is C=C=C=C=C=COC=C. The van der Waals surface area contributed by atoms with Crippen molar-refractivity contribution in [2.45, 2.75) is 0 Å². The molecule has 44 valence electrons. The third-order valence-corrected chi connectivity index (χ3v) is 0.446. The number of hydrogen-bond donors (Lipinski definition) is 0. The molecular formula is C8H6O. The highest BCUT2D eigenvalue weighted by atomic mass is 16.5.